The first kappa shape index (κ1) is 18.8. The van der Waals surface area contributed by atoms with Gasteiger partial charge in [0.05, 0.1) is 30.3 Å². The predicted octanol–water partition coefficient (Wildman–Crippen LogP) is 4.42. The zero-order valence-corrected chi connectivity index (χ0v) is 16.1. The van der Waals surface area contributed by atoms with E-state index in [1.54, 1.807) is 31.0 Å². The van der Waals surface area contributed by atoms with Gasteiger partial charge in [-0.15, -0.1) is 0 Å². The number of hydrogen-bond acceptors (Lipinski definition) is 5. The minimum atomic E-state index is -0.331. The van der Waals surface area contributed by atoms with Gasteiger partial charge in [-0.2, -0.15) is 0 Å². The maximum atomic E-state index is 11.5. The number of nitrogens with zero attached hydrogens (tertiary/aromatic N) is 2. The van der Waals surface area contributed by atoms with E-state index in [1.165, 1.54) is 7.11 Å². The fourth-order valence-electron chi connectivity index (χ4n) is 2.59. The van der Waals surface area contributed by atoms with Crippen molar-refractivity contribution in [1.82, 2.24) is 9.55 Å². The summed E-state index contributed by atoms with van der Waals surface area (Å²) < 4.78 is 12.1. The highest BCUT2D eigenvalue weighted by molar-refractivity contribution is 7.98. The van der Waals surface area contributed by atoms with E-state index in [0.29, 0.717) is 17.2 Å². The van der Waals surface area contributed by atoms with Crippen molar-refractivity contribution in [2.24, 2.45) is 0 Å². The molecule has 0 saturated heterocycles. The quantitative estimate of drug-likeness (QED) is 0.441. The smallest absolute Gasteiger partial charge is 0.337 e. The number of thioether (sulfide) groups is 1. The summed E-state index contributed by atoms with van der Waals surface area (Å²) in [7, 11) is 3.06. The lowest BCUT2D eigenvalue weighted by Gasteiger charge is -2.08. The fraction of sp³-hybridized carbons (Fsp3) is 0.263. The third-order valence-electron chi connectivity index (χ3n) is 3.94. The standard InChI is InChI=1S/C19H19ClN2O3S/c1-24-10-9-22-17-8-7-15(20)11-16(17)21-19(22)26-12-13-3-5-14(6-4-13)18(23)25-2/h3-8,11H,9-10,12H2,1-2H3. The molecular formula is C19H19ClN2O3S. The second-order valence-electron chi connectivity index (χ2n) is 5.65. The maximum Gasteiger partial charge on any atom is 0.337 e. The Labute approximate surface area is 161 Å². The van der Waals surface area contributed by atoms with E-state index in [4.69, 9.17) is 26.1 Å². The van der Waals surface area contributed by atoms with Crippen LogP contribution in [0.3, 0.4) is 0 Å². The molecule has 0 aliphatic rings. The molecule has 0 unspecified atom stereocenters. The number of halogens is 1. The summed E-state index contributed by atoms with van der Waals surface area (Å²) in [5.74, 6) is 0.410. The van der Waals surface area contributed by atoms with Crippen molar-refractivity contribution in [2.45, 2.75) is 17.5 Å². The van der Waals surface area contributed by atoms with Gasteiger partial charge in [0, 0.05) is 24.4 Å². The number of carbonyl (C=O) groups is 1. The Morgan fingerprint density at radius 3 is 2.65 bits per heavy atom. The first-order chi connectivity index (χ1) is 12.6. The van der Waals surface area contributed by atoms with Gasteiger partial charge < -0.3 is 14.0 Å². The zero-order valence-electron chi connectivity index (χ0n) is 14.6. The van der Waals surface area contributed by atoms with Crippen LogP contribution in [0.1, 0.15) is 15.9 Å². The molecule has 0 N–H and O–H groups in total. The Hall–Kier alpha value is -2.02. The minimum Gasteiger partial charge on any atom is -0.465 e. The lowest BCUT2D eigenvalue weighted by Crippen LogP contribution is -2.05. The molecule has 2 aromatic carbocycles. The molecule has 0 radical (unpaired) electrons. The molecule has 0 aliphatic heterocycles. The van der Waals surface area contributed by atoms with Crippen molar-refractivity contribution in [3.8, 4) is 0 Å². The number of carbonyl (C=O) groups excluding carboxylic acids is 1. The summed E-state index contributed by atoms with van der Waals surface area (Å²) in [5.41, 5.74) is 3.56. The lowest BCUT2D eigenvalue weighted by atomic mass is 10.1. The number of aromatic nitrogens is 2. The lowest BCUT2D eigenvalue weighted by molar-refractivity contribution is 0.0600. The van der Waals surface area contributed by atoms with Gasteiger partial charge in [0.15, 0.2) is 5.16 Å². The Balaban J connectivity index is 1.80. The van der Waals surface area contributed by atoms with Crippen molar-refractivity contribution >= 4 is 40.4 Å². The fourth-order valence-corrected chi connectivity index (χ4v) is 3.76. The number of esters is 1. The molecule has 0 spiro atoms. The third kappa shape index (κ3) is 4.20. The molecule has 3 rings (SSSR count). The van der Waals surface area contributed by atoms with E-state index in [-0.39, 0.29) is 5.97 Å². The average Bonchev–Trinajstić information content (AvgIpc) is 3.00. The van der Waals surface area contributed by atoms with Crippen LogP contribution in [0.25, 0.3) is 11.0 Å². The SMILES string of the molecule is COCCn1c(SCc2ccc(C(=O)OC)cc2)nc2cc(Cl)ccc21. The molecule has 26 heavy (non-hydrogen) atoms. The molecular weight excluding hydrogens is 372 g/mol. The first-order valence-electron chi connectivity index (χ1n) is 8.07. The normalized spacial score (nSPS) is 11.0. The van der Waals surface area contributed by atoms with Crippen molar-refractivity contribution in [3.05, 3.63) is 58.6 Å². The van der Waals surface area contributed by atoms with Gasteiger partial charge in [-0.1, -0.05) is 35.5 Å². The summed E-state index contributed by atoms with van der Waals surface area (Å²) in [4.78, 5) is 16.2. The van der Waals surface area contributed by atoms with E-state index in [0.717, 1.165) is 34.1 Å². The van der Waals surface area contributed by atoms with Crippen molar-refractivity contribution in [2.75, 3.05) is 20.8 Å². The van der Waals surface area contributed by atoms with Crippen molar-refractivity contribution in [1.29, 1.82) is 0 Å². The van der Waals surface area contributed by atoms with Gasteiger partial charge in [-0.3, -0.25) is 0 Å². The van der Waals surface area contributed by atoms with Crippen LogP contribution in [-0.4, -0.2) is 36.3 Å². The minimum absolute atomic E-state index is 0.331. The monoisotopic (exact) mass is 390 g/mol. The van der Waals surface area contributed by atoms with E-state index in [9.17, 15) is 4.79 Å². The summed E-state index contributed by atoms with van der Waals surface area (Å²) in [6, 6.07) is 13.1. The van der Waals surface area contributed by atoms with E-state index in [2.05, 4.69) is 4.57 Å². The largest absolute Gasteiger partial charge is 0.465 e. The van der Waals surface area contributed by atoms with Gasteiger partial charge in [-0.25, -0.2) is 9.78 Å². The van der Waals surface area contributed by atoms with Gasteiger partial charge in [0.1, 0.15) is 0 Å². The second-order valence-corrected chi connectivity index (χ2v) is 7.03. The maximum absolute atomic E-state index is 11.5. The van der Waals surface area contributed by atoms with Crippen LogP contribution in [0, 0.1) is 0 Å². The van der Waals surface area contributed by atoms with Crippen LogP contribution in [-0.2, 0) is 21.8 Å². The first-order valence-corrected chi connectivity index (χ1v) is 9.43. The van der Waals surface area contributed by atoms with Crippen molar-refractivity contribution in [3.63, 3.8) is 0 Å². The molecule has 7 heteroatoms. The van der Waals surface area contributed by atoms with Crippen LogP contribution in [0.2, 0.25) is 5.02 Å². The summed E-state index contributed by atoms with van der Waals surface area (Å²) in [5, 5.41) is 1.58. The number of fused-ring (bicyclic) bond motifs is 1. The van der Waals surface area contributed by atoms with Crippen LogP contribution < -0.4 is 0 Å². The summed E-state index contributed by atoms with van der Waals surface area (Å²) >= 11 is 7.73. The summed E-state index contributed by atoms with van der Waals surface area (Å²) in [6.45, 7) is 1.33. The van der Waals surface area contributed by atoms with Crippen LogP contribution in [0.4, 0.5) is 0 Å². The van der Waals surface area contributed by atoms with Crippen LogP contribution in [0.15, 0.2) is 47.6 Å². The molecule has 0 amide bonds. The highest BCUT2D eigenvalue weighted by Gasteiger charge is 2.12. The van der Waals surface area contributed by atoms with Gasteiger partial charge in [-0.05, 0) is 35.9 Å². The molecule has 0 bridgehead atoms. The van der Waals surface area contributed by atoms with Crippen molar-refractivity contribution < 1.29 is 14.3 Å². The molecule has 0 saturated carbocycles. The molecule has 0 atom stereocenters. The topological polar surface area (TPSA) is 53.4 Å². The van der Waals surface area contributed by atoms with Gasteiger partial charge >= 0.3 is 5.97 Å². The van der Waals surface area contributed by atoms with E-state index < -0.39 is 0 Å². The molecule has 5 nitrogen and oxygen atoms in total. The number of methoxy groups -OCH3 is 2. The molecule has 1 aromatic heterocycles. The number of benzene rings is 2. The molecule has 3 aromatic rings. The van der Waals surface area contributed by atoms with E-state index >= 15 is 0 Å². The predicted molar refractivity (Wildman–Crippen MR) is 104 cm³/mol. The molecule has 0 fully saturated rings. The Kier molecular flexibility index (Phi) is 6.19. The van der Waals surface area contributed by atoms with E-state index in [1.807, 2.05) is 30.3 Å². The molecule has 136 valence electrons. The van der Waals surface area contributed by atoms with Gasteiger partial charge in [0.2, 0.25) is 0 Å². The highest BCUT2D eigenvalue weighted by Crippen LogP contribution is 2.28. The number of hydrogen-bond donors (Lipinski definition) is 0. The Morgan fingerprint density at radius 2 is 1.96 bits per heavy atom. The number of rotatable bonds is 7. The number of ether oxygens (including phenoxy) is 2. The molecule has 0 aliphatic carbocycles. The van der Waals surface area contributed by atoms with Crippen LogP contribution in [0.5, 0.6) is 0 Å². The number of imidazole rings is 1. The van der Waals surface area contributed by atoms with Gasteiger partial charge in [0.25, 0.3) is 0 Å². The van der Waals surface area contributed by atoms with Crippen LogP contribution >= 0.6 is 23.4 Å². The molecule has 1 heterocycles. The third-order valence-corrected chi connectivity index (χ3v) is 5.22. The average molecular weight is 391 g/mol. The highest BCUT2D eigenvalue weighted by atomic mass is 35.5. The summed E-state index contributed by atoms with van der Waals surface area (Å²) in [6.07, 6.45) is 0. The zero-order chi connectivity index (χ0) is 18.5. The Morgan fingerprint density at radius 1 is 1.19 bits per heavy atom. The Bertz CT molecular complexity index is 909. The second kappa shape index (κ2) is 8.58.